The van der Waals surface area contributed by atoms with Crippen LogP contribution >= 0.6 is 0 Å². The van der Waals surface area contributed by atoms with E-state index in [9.17, 15) is 14.7 Å². The molecule has 0 aliphatic rings. The Morgan fingerprint density at radius 3 is 2.28 bits per heavy atom. The highest BCUT2D eigenvalue weighted by atomic mass is 16.5. The van der Waals surface area contributed by atoms with Gasteiger partial charge in [0, 0.05) is 17.7 Å². The van der Waals surface area contributed by atoms with Gasteiger partial charge in [0.25, 0.3) is 5.91 Å². The first-order chi connectivity index (χ1) is 12.1. The van der Waals surface area contributed by atoms with Crippen LogP contribution in [0.1, 0.15) is 47.7 Å². The van der Waals surface area contributed by atoms with E-state index in [2.05, 4.69) is 5.32 Å². The van der Waals surface area contributed by atoms with Crippen molar-refractivity contribution in [1.82, 2.24) is 5.48 Å². The highest BCUT2D eigenvalue weighted by Gasteiger charge is 2.09. The molecule has 0 spiro atoms. The number of amides is 2. The molecule has 6 nitrogen and oxygen atoms in total. The quantitative estimate of drug-likeness (QED) is 0.337. The van der Waals surface area contributed by atoms with Crippen molar-refractivity contribution in [3.8, 4) is 0 Å². The summed E-state index contributed by atoms with van der Waals surface area (Å²) in [4.78, 5) is 23.0. The fourth-order valence-electron chi connectivity index (χ4n) is 2.43. The van der Waals surface area contributed by atoms with Crippen LogP contribution in [0.3, 0.4) is 0 Å². The molecule has 0 heterocycles. The Kier molecular flexibility index (Phi) is 7.13. The van der Waals surface area contributed by atoms with Crippen LogP contribution in [-0.4, -0.2) is 22.1 Å². The summed E-state index contributed by atoms with van der Waals surface area (Å²) in [6, 6.07) is 16.0. The predicted molar refractivity (Wildman–Crippen MR) is 94.2 cm³/mol. The number of hydrogen-bond acceptors (Lipinski definition) is 4. The lowest BCUT2D eigenvalue weighted by atomic mass is 10.0. The van der Waals surface area contributed by atoms with Crippen molar-refractivity contribution >= 4 is 17.5 Å². The Balaban J connectivity index is 1.82. The standard InChI is InChI=1S/C19H22N2O4/c22-17(8-4-5-9-18(23)21-25)14-10-12-16(13-11-14)20-19(24)15-6-2-1-3-7-15/h1-3,6-7,10-13,17,22,25H,4-5,8-9H2,(H,20,24)(H,21,23)/t17-/m1/s1. The summed E-state index contributed by atoms with van der Waals surface area (Å²) in [7, 11) is 0. The molecule has 0 fully saturated rings. The Morgan fingerprint density at radius 2 is 1.64 bits per heavy atom. The van der Waals surface area contributed by atoms with Gasteiger partial charge in [0.1, 0.15) is 0 Å². The second-order valence-electron chi connectivity index (χ2n) is 5.74. The van der Waals surface area contributed by atoms with E-state index in [-0.39, 0.29) is 12.3 Å². The average molecular weight is 342 g/mol. The first kappa shape index (κ1) is 18.6. The fraction of sp³-hybridized carbons (Fsp3) is 0.263. The normalized spacial score (nSPS) is 11.6. The molecule has 4 N–H and O–H groups in total. The first-order valence-electron chi connectivity index (χ1n) is 8.17. The number of nitrogens with one attached hydrogen (secondary N) is 2. The van der Waals surface area contributed by atoms with Gasteiger partial charge in [0.2, 0.25) is 5.91 Å². The van der Waals surface area contributed by atoms with Gasteiger partial charge in [0.05, 0.1) is 6.10 Å². The highest BCUT2D eigenvalue weighted by molar-refractivity contribution is 6.04. The van der Waals surface area contributed by atoms with Gasteiger partial charge in [-0.2, -0.15) is 0 Å². The number of carbonyl (C=O) groups excluding carboxylic acids is 2. The highest BCUT2D eigenvalue weighted by Crippen LogP contribution is 2.21. The molecule has 0 unspecified atom stereocenters. The van der Waals surface area contributed by atoms with Crippen molar-refractivity contribution in [2.24, 2.45) is 0 Å². The minimum atomic E-state index is -0.629. The lowest BCUT2D eigenvalue weighted by Crippen LogP contribution is -2.17. The van der Waals surface area contributed by atoms with Crippen molar-refractivity contribution in [2.45, 2.75) is 31.8 Å². The predicted octanol–water partition coefficient (Wildman–Crippen LogP) is 3.04. The lowest BCUT2D eigenvalue weighted by Gasteiger charge is -2.12. The van der Waals surface area contributed by atoms with Gasteiger partial charge in [-0.1, -0.05) is 36.8 Å². The van der Waals surface area contributed by atoms with Gasteiger partial charge in [-0.3, -0.25) is 14.8 Å². The van der Waals surface area contributed by atoms with Crippen LogP contribution in [0.25, 0.3) is 0 Å². The molecule has 2 aromatic carbocycles. The fourth-order valence-corrected chi connectivity index (χ4v) is 2.43. The lowest BCUT2D eigenvalue weighted by molar-refractivity contribution is -0.129. The van der Waals surface area contributed by atoms with Crippen LogP contribution in [0, 0.1) is 0 Å². The van der Waals surface area contributed by atoms with Crippen LogP contribution < -0.4 is 10.8 Å². The van der Waals surface area contributed by atoms with E-state index in [0.717, 1.165) is 5.56 Å². The molecule has 2 amide bonds. The summed E-state index contributed by atoms with van der Waals surface area (Å²) in [6.07, 6.45) is 1.38. The maximum absolute atomic E-state index is 12.1. The number of hydrogen-bond donors (Lipinski definition) is 4. The van der Waals surface area contributed by atoms with Crippen molar-refractivity contribution in [1.29, 1.82) is 0 Å². The van der Waals surface area contributed by atoms with Crippen LogP contribution in [0.5, 0.6) is 0 Å². The number of hydroxylamine groups is 1. The molecular weight excluding hydrogens is 320 g/mol. The van der Waals surface area contributed by atoms with Crippen molar-refractivity contribution in [2.75, 3.05) is 5.32 Å². The van der Waals surface area contributed by atoms with E-state index in [1.54, 1.807) is 54.0 Å². The third-order valence-corrected chi connectivity index (χ3v) is 3.85. The summed E-state index contributed by atoms with van der Waals surface area (Å²) in [5.41, 5.74) is 3.58. The molecule has 0 aliphatic heterocycles. The smallest absolute Gasteiger partial charge is 0.255 e. The second kappa shape index (κ2) is 9.56. The number of aliphatic hydroxyl groups is 1. The molecule has 2 aromatic rings. The van der Waals surface area contributed by atoms with E-state index in [4.69, 9.17) is 5.21 Å². The van der Waals surface area contributed by atoms with E-state index < -0.39 is 12.0 Å². The van der Waals surface area contributed by atoms with Gasteiger partial charge in [-0.05, 0) is 42.7 Å². The third-order valence-electron chi connectivity index (χ3n) is 3.85. The van der Waals surface area contributed by atoms with Crippen molar-refractivity contribution in [3.63, 3.8) is 0 Å². The summed E-state index contributed by atoms with van der Waals surface area (Å²) in [5.74, 6) is -0.607. The first-order valence-corrected chi connectivity index (χ1v) is 8.17. The molecular formula is C19H22N2O4. The number of carbonyl (C=O) groups is 2. The molecule has 25 heavy (non-hydrogen) atoms. The van der Waals surface area contributed by atoms with Crippen LogP contribution in [0.4, 0.5) is 5.69 Å². The van der Waals surface area contributed by atoms with E-state index in [1.807, 2.05) is 6.07 Å². The topological polar surface area (TPSA) is 98.7 Å². The molecule has 0 bridgehead atoms. The van der Waals surface area contributed by atoms with Gasteiger partial charge < -0.3 is 10.4 Å². The minimum absolute atomic E-state index is 0.184. The molecule has 0 radical (unpaired) electrons. The number of anilines is 1. The zero-order chi connectivity index (χ0) is 18.1. The summed E-state index contributed by atoms with van der Waals surface area (Å²) >= 11 is 0. The van der Waals surface area contributed by atoms with Gasteiger partial charge >= 0.3 is 0 Å². The Morgan fingerprint density at radius 1 is 0.960 bits per heavy atom. The SMILES string of the molecule is O=C(CCCC[C@@H](O)c1ccc(NC(=O)c2ccccc2)cc1)NO. The maximum atomic E-state index is 12.1. The Bertz CT molecular complexity index is 686. The van der Waals surface area contributed by atoms with E-state index in [1.165, 1.54) is 0 Å². The molecule has 0 saturated carbocycles. The minimum Gasteiger partial charge on any atom is -0.388 e. The molecule has 132 valence electrons. The second-order valence-corrected chi connectivity index (χ2v) is 5.74. The summed E-state index contributed by atoms with van der Waals surface area (Å²) in [6.45, 7) is 0. The molecule has 6 heteroatoms. The monoisotopic (exact) mass is 342 g/mol. The number of rotatable bonds is 8. The van der Waals surface area contributed by atoms with E-state index >= 15 is 0 Å². The zero-order valence-electron chi connectivity index (χ0n) is 13.8. The number of benzene rings is 2. The van der Waals surface area contributed by atoms with Crippen LogP contribution in [0.15, 0.2) is 54.6 Å². The van der Waals surface area contributed by atoms with Gasteiger partial charge in [0.15, 0.2) is 0 Å². The van der Waals surface area contributed by atoms with Crippen molar-refractivity contribution < 1.29 is 19.9 Å². The van der Waals surface area contributed by atoms with Crippen molar-refractivity contribution in [3.05, 3.63) is 65.7 Å². The molecule has 0 aliphatic carbocycles. The maximum Gasteiger partial charge on any atom is 0.255 e. The molecule has 1 atom stereocenters. The third kappa shape index (κ3) is 6.02. The molecule has 2 rings (SSSR count). The summed E-state index contributed by atoms with van der Waals surface area (Å²) in [5, 5.41) is 21.4. The zero-order valence-corrected chi connectivity index (χ0v) is 13.8. The number of aliphatic hydroxyl groups excluding tert-OH is 1. The van der Waals surface area contributed by atoms with E-state index in [0.29, 0.717) is 30.5 Å². The van der Waals surface area contributed by atoms with Gasteiger partial charge in [-0.25, -0.2) is 5.48 Å². The largest absolute Gasteiger partial charge is 0.388 e. The molecule has 0 aromatic heterocycles. The Labute approximate surface area is 146 Å². The van der Waals surface area contributed by atoms with Crippen LogP contribution in [0.2, 0.25) is 0 Å². The molecule has 0 saturated heterocycles. The van der Waals surface area contributed by atoms with Gasteiger partial charge in [-0.15, -0.1) is 0 Å². The average Bonchev–Trinajstić information content (AvgIpc) is 2.66. The van der Waals surface area contributed by atoms with Crippen LogP contribution in [-0.2, 0) is 4.79 Å². The Hall–Kier alpha value is -2.70. The number of unbranched alkanes of at least 4 members (excludes halogenated alkanes) is 1. The summed E-state index contributed by atoms with van der Waals surface area (Å²) < 4.78 is 0.